The molecule has 0 radical (unpaired) electrons. The molecule has 1 fully saturated rings. The van der Waals surface area contributed by atoms with E-state index in [1.807, 2.05) is 6.07 Å². The molecule has 0 bridgehead atoms. The number of carboxylic acids is 1. The van der Waals surface area contributed by atoms with Gasteiger partial charge < -0.3 is 5.11 Å². The third-order valence-electron chi connectivity index (χ3n) is 2.94. The van der Waals surface area contributed by atoms with E-state index in [2.05, 4.69) is 19.9 Å². The van der Waals surface area contributed by atoms with E-state index in [1.54, 1.807) is 6.07 Å². The SMILES string of the molecule is CC(C)c1cc(C(=O)O)cc(C2CC2)c1. The van der Waals surface area contributed by atoms with Gasteiger partial charge in [0.25, 0.3) is 0 Å². The van der Waals surface area contributed by atoms with Crippen molar-refractivity contribution < 1.29 is 9.90 Å². The number of hydrogen-bond acceptors (Lipinski definition) is 1. The zero-order valence-electron chi connectivity index (χ0n) is 9.16. The van der Waals surface area contributed by atoms with Gasteiger partial charge in [0.1, 0.15) is 0 Å². The lowest BCUT2D eigenvalue weighted by atomic mass is 9.96. The van der Waals surface area contributed by atoms with E-state index in [9.17, 15) is 4.79 Å². The minimum Gasteiger partial charge on any atom is -0.478 e. The highest BCUT2D eigenvalue weighted by Crippen LogP contribution is 2.41. The van der Waals surface area contributed by atoms with Gasteiger partial charge in [0.15, 0.2) is 0 Å². The van der Waals surface area contributed by atoms with Gasteiger partial charge in [0.05, 0.1) is 5.56 Å². The molecule has 2 rings (SSSR count). The second-order valence-electron chi connectivity index (χ2n) is 4.62. The first kappa shape index (κ1) is 10.2. The molecule has 1 aromatic carbocycles. The third kappa shape index (κ3) is 2.20. The molecule has 2 heteroatoms. The fourth-order valence-corrected chi connectivity index (χ4v) is 1.79. The van der Waals surface area contributed by atoms with Crippen LogP contribution in [-0.4, -0.2) is 11.1 Å². The maximum Gasteiger partial charge on any atom is 0.335 e. The highest BCUT2D eigenvalue weighted by atomic mass is 16.4. The zero-order valence-corrected chi connectivity index (χ0v) is 9.16. The summed E-state index contributed by atoms with van der Waals surface area (Å²) < 4.78 is 0. The minimum absolute atomic E-state index is 0.391. The van der Waals surface area contributed by atoms with Crippen LogP contribution in [0.3, 0.4) is 0 Å². The Morgan fingerprint density at radius 1 is 1.33 bits per heavy atom. The standard InChI is InChI=1S/C13H16O2/c1-8(2)10-5-11(9-3-4-9)7-12(6-10)13(14)15/h5-9H,3-4H2,1-2H3,(H,14,15). The Labute approximate surface area is 89.9 Å². The Morgan fingerprint density at radius 3 is 2.47 bits per heavy atom. The van der Waals surface area contributed by atoms with Crippen molar-refractivity contribution in [1.82, 2.24) is 0 Å². The topological polar surface area (TPSA) is 37.3 Å². The van der Waals surface area contributed by atoms with Gasteiger partial charge in [0, 0.05) is 0 Å². The summed E-state index contributed by atoms with van der Waals surface area (Å²) in [7, 11) is 0. The quantitative estimate of drug-likeness (QED) is 0.819. The summed E-state index contributed by atoms with van der Waals surface area (Å²) in [5, 5.41) is 9.02. The molecule has 1 saturated carbocycles. The number of hydrogen-bond donors (Lipinski definition) is 1. The van der Waals surface area contributed by atoms with Gasteiger partial charge in [-0.15, -0.1) is 0 Å². The molecule has 0 aliphatic heterocycles. The van der Waals surface area contributed by atoms with Crippen molar-refractivity contribution in [3.8, 4) is 0 Å². The van der Waals surface area contributed by atoms with Crippen LogP contribution in [0.1, 0.15) is 60.0 Å². The van der Waals surface area contributed by atoms with Crippen LogP contribution < -0.4 is 0 Å². The van der Waals surface area contributed by atoms with Gasteiger partial charge in [-0.3, -0.25) is 0 Å². The monoisotopic (exact) mass is 204 g/mol. The van der Waals surface area contributed by atoms with E-state index in [-0.39, 0.29) is 0 Å². The maximum atomic E-state index is 11.0. The Balaban J connectivity index is 2.43. The predicted molar refractivity (Wildman–Crippen MR) is 59.5 cm³/mol. The third-order valence-corrected chi connectivity index (χ3v) is 2.94. The second kappa shape index (κ2) is 3.69. The van der Waals surface area contributed by atoms with Crippen LogP contribution in [-0.2, 0) is 0 Å². The summed E-state index contributed by atoms with van der Waals surface area (Å²) >= 11 is 0. The van der Waals surface area contributed by atoms with Crippen LogP contribution in [0.5, 0.6) is 0 Å². The molecule has 0 heterocycles. The Bertz CT molecular complexity index is 369. The van der Waals surface area contributed by atoms with Crippen molar-refractivity contribution in [2.75, 3.05) is 0 Å². The van der Waals surface area contributed by atoms with Crippen molar-refractivity contribution >= 4 is 5.97 Å². The fourth-order valence-electron chi connectivity index (χ4n) is 1.79. The molecule has 0 atom stereocenters. The van der Waals surface area contributed by atoms with E-state index in [0.717, 1.165) is 5.56 Å². The summed E-state index contributed by atoms with van der Waals surface area (Å²) in [6.07, 6.45) is 2.42. The van der Waals surface area contributed by atoms with Crippen LogP contribution >= 0.6 is 0 Å². The molecule has 1 aliphatic rings. The summed E-state index contributed by atoms with van der Waals surface area (Å²) in [6.45, 7) is 4.19. The van der Waals surface area contributed by atoms with Crippen LogP contribution in [0.4, 0.5) is 0 Å². The largest absolute Gasteiger partial charge is 0.478 e. The number of carbonyl (C=O) groups is 1. The smallest absolute Gasteiger partial charge is 0.335 e. The number of aromatic carboxylic acids is 1. The van der Waals surface area contributed by atoms with Gasteiger partial charge in [0.2, 0.25) is 0 Å². The van der Waals surface area contributed by atoms with Crippen molar-refractivity contribution in [2.24, 2.45) is 0 Å². The first-order valence-corrected chi connectivity index (χ1v) is 5.46. The molecular formula is C13H16O2. The molecule has 1 aliphatic carbocycles. The van der Waals surface area contributed by atoms with Crippen molar-refractivity contribution in [3.05, 3.63) is 34.9 Å². The Kier molecular flexibility index (Phi) is 2.51. The van der Waals surface area contributed by atoms with E-state index in [1.165, 1.54) is 18.4 Å². The number of carboxylic acid groups (broad SMARTS) is 1. The fraction of sp³-hybridized carbons (Fsp3) is 0.462. The highest BCUT2D eigenvalue weighted by molar-refractivity contribution is 5.88. The lowest BCUT2D eigenvalue weighted by Gasteiger charge is -2.09. The maximum absolute atomic E-state index is 11.0. The van der Waals surface area contributed by atoms with Crippen LogP contribution in [0, 0.1) is 0 Å². The molecule has 0 aromatic heterocycles. The molecule has 1 aromatic rings. The zero-order chi connectivity index (χ0) is 11.0. The molecule has 0 unspecified atom stereocenters. The van der Waals surface area contributed by atoms with Crippen LogP contribution in [0.15, 0.2) is 18.2 Å². The lowest BCUT2D eigenvalue weighted by Crippen LogP contribution is -2.00. The summed E-state index contributed by atoms with van der Waals surface area (Å²) in [5.41, 5.74) is 2.78. The molecule has 2 nitrogen and oxygen atoms in total. The summed E-state index contributed by atoms with van der Waals surface area (Å²) in [5.74, 6) is 0.183. The van der Waals surface area contributed by atoms with Crippen molar-refractivity contribution in [1.29, 1.82) is 0 Å². The van der Waals surface area contributed by atoms with Gasteiger partial charge in [-0.1, -0.05) is 19.9 Å². The Morgan fingerprint density at radius 2 is 2.00 bits per heavy atom. The molecule has 0 amide bonds. The second-order valence-corrected chi connectivity index (χ2v) is 4.62. The van der Waals surface area contributed by atoms with E-state index in [0.29, 0.717) is 17.4 Å². The average molecular weight is 204 g/mol. The number of rotatable bonds is 3. The van der Waals surface area contributed by atoms with Crippen LogP contribution in [0.25, 0.3) is 0 Å². The van der Waals surface area contributed by atoms with E-state index in [4.69, 9.17) is 5.11 Å². The molecule has 15 heavy (non-hydrogen) atoms. The summed E-state index contributed by atoms with van der Waals surface area (Å²) in [4.78, 5) is 11.0. The average Bonchev–Trinajstić information content (AvgIpc) is 3.00. The van der Waals surface area contributed by atoms with Crippen molar-refractivity contribution in [2.45, 2.75) is 38.5 Å². The van der Waals surface area contributed by atoms with Gasteiger partial charge >= 0.3 is 5.97 Å². The molecule has 1 N–H and O–H groups in total. The highest BCUT2D eigenvalue weighted by Gasteiger charge is 2.25. The normalized spacial score (nSPS) is 15.7. The predicted octanol–water partition coefficient (Wildman–Crippen LogP) is 3.39. The number of benzene rings is 1. The molecular weight excluding hydrogens is 188 g/mol. The van der Waals surface area contributed by atoms with Gasteiger partial charge in [-0.2, -0.15) is 0 Å². The first-order valence-electron chi connectivity index (χ1n) is 5.46. The first-order chi connectivity index (χ1) is 7.08. The van der Waals surface area contributed by atoms with Gasteiger partial charge in [-0.25, -0.2) is 4.79 Å². The molecule has 0 spiro atoms. The van der Waals surface area contributed by atoms with Crippen molar-refractivity contribution in [3.63, 3.8) is 0 Å². The molecule has 0 saturated heterocycles. The lowest BCUT2D eigenvalue weighted by molar-refractivity contribution is 0.0696. The van der Waals surface area contributed by atoms with E-state index >= 15 is 0 Å². The van der Waals surface area contributed by atoms with E-state index < -0.39 is 5.97 Å². The van der Waals surface area contributed by atoms with Crippen LogP contribution in [0.2, 0.25) is 0 Å². The Hall–Kier alpha value is -1.31. The summed E-state index contributed by atoms with van der Waals surface area (Å²) in [6, 6.07) is 5.78. The molecule has 80 valence electrons. The van der Waals surface area contributed by atoms with Gasteiger partial charge in [-0.05, 0) is 47.9 Å². The minimum atomic E-state index is -0.820.